The summed E-state index contributed by atoms with van der Waals surface area (Å²) in [6.45, 7) is 4.11. The van der Waals surface area contributed by atoms with Crippen molar-refractivity contribution < 1.29 is 0 Å². The quantitative estimate of drug-likeness (QED) is 0.858. The van der Waals surface area contributed by atoms with Gasteiger partial charge in [0.1, 0.15) is 5.82 Å². The first-order valence-corrected chi connectivity index (χ1v) is 6.96. The third kappa shape index (κ3) is 2.37. The minimum absolute atomic E-state index is 0.272. The third-order valence-electron chi connectivity index (χ3n) is 2.57. The molecule has 3 nitrogen and oxygen atoms in total. The van der Waals surface area contributed by atoms with Gasteiger partial charge in [0, 0.05) is 5.02 Å². The predicted octanol–water partition coefficient (Wildman–Crippen LogP) is 4.65. The fourth-order valence-corrected chi connectivity index (χ4v) is 2.83. The van der Waals surface area contributed by atoms with Crippen molar-refractivity contribution in [3.8, 4) is 5.69 Å². The fourth-order valence-electron chi connectivity index (χ4n) is 1.64. The fraction of sp³-hybridized carbons (Fsp3) is 0.250. The molecule has 0 aliphatic rings. The van der Waals surface area contributed by atoms with Crippen LogP contribution in [-0.4, -0.2) is 9.78 Å². The smallest absolute Gasteiger partial charge is 0.141 e. The first kappa shape index (κ1) is 13.7. The molecule has 0 aliphatic heterocycles. The molecule has 2 N–H and O–H groups in total. The lowest BCUT2D eigenvalue weighted by Crippen LogP contribution is -2.03. The second-order valence-electron chi connectivity index (χ2n) is 4.25. The largest absolute Gasteiger partial charge is 0.383 e. The van der Waals surface area contributed by atoms with E-state index in [0.29, 0.717) is 21.6 Å². The molecule has 0 atom stereocenters. The average molecular weight is 349 g/mol. The van der Waals surface area contributed by atoms with E-state index in [9.17, 15) is 0 Å². The van der Waals surface area contributed by atoms with Crippen molar-refractivity contribution in [3.63, 3.8) is 0 Å². The molecule has 0 aliphatic carbocycles. The summed E-state index contributed by atoms with van der Waals surface area (Å²) in [5.41, 5.74) is 7.66. The van der Waals surface area contributed by atoms with Crippen LogP contribution in [0.5, 0.6) is 0 Å². The lowest BCUT2D eigenvalue weighted by molar-refractivity contribution is 0.769. The molecule has 2 aromatic rings. The van der Waals surface area contributed by atoms with Crippen molar-refractivity contribution in [1.82, 2.24) is 9.78 Å². The molecule has 0 unspecified atom stereocenters. The molecule has 1 aromatic heterocycles. The Kier molecular flexibility index (Phi) is 3.90. The lowest BCUT2D eigenvalue weighted by atomic mass is 10.1. The number of halogens is 3. The van der Waals surface area contributed by atoms with Gasteiger partial charge in [-0.15, -0.1) is 0 Å². The van der Waals surface area contributed by atoms with E-state index in [1.807, 2.05) is 0 Å². The van der Waals surface area contributed by atoms with Crippen LogP contribution in [0.2, 0.25) is 10.0 Å². The summed E-state index contributed by atoms with van der Waals surface area (Å²) in [6, 6.07) is 5.22. The minimum atomic E-state index is 0.272. The summed E-state index contributed by atoms with van der Waals surface area (Å²) < 4.78 is 2.43. The number of hydrogen-bond acceptors (Lipinski definition) is 2. The molecule has 0 saturated carbocycles. The van der Waals surface area contributed by atoms with Gasteiger partial charge in [0.05, 0.1) is 20.9 Å². The first-order valence-electron chi connectivity index (χ1n) is 5.41. The molecule has 0 radical (unpaired) electrons. The highest BCUT2D eigenvalue weighted by Gasteiger charge is 2.18. The van der Waals surface area contributed by atoms with Gasteiger partial charge in [0.15, 0.2) is 0 Å². The summed E-state index contributed by atoms with van der Waals surface area (Å²) in [5.74, 6) is 0.803. The van der Waals surface area contributed by atoms with Crippen LogP contribution in [0.15, 0.2) is 22.7 Å². The standard InChI is InChI=1S/C12H12BrCl2N3/c1-6(2)11-10(13)12(16)18(17-11)9-4-3-7(14)5-8(9)15/h3-6H,16H2,1-2H3. The molecule has 1 aromatic carbocycles. The summed E-state index contributed by atoms with van der Waals surface area (Å²) in [5, 5.41) is 5.58. The summed E-state index contributed by atoms with van der Waals surface area (Å²) >= 11 is 15.5. The van der Waals surface area contributed by atoms with Crippen LogP contribution < -0.4 is 5.73 Å². The summed E-state index contributed by atoms with van der Waals surface area (Å²) in [6.07, 6.45) is 0. The Bertz CT molecular complexity index is 593. The van der Waals surface area contributed by atoms with E-state index in [2.05, 4.69) is 34.9 Å². The molecular formula is C12H12BrCl2N3. The van der Waals surface area contributed by atoms with Gasteiger partial charge in [0.2, 0.25) is 0 Å². The minimum Gasteiger partial charge on any atom is -0.383 e. The Balaban J connectivity index is 2.61. The van der Waals surface area contributed by atoms with Crippen LogP contribution in [0.4, 0.5) is 5.82 Å². The highest BCUT2D eigenvalue weighted by Crippen LogP contribution is 2.33. The van der Waals surface area contributed by atoms with Crippen molar-refractivity contribution in [3.05, 3.63) is 38.4 Å². The van der Waals surface area contributed by atoms with Crippen LogP contribution in [0.3, 0.4) is 0 Å². The summed E-state index contributed by atoms with van der Waals surface area (Å²) in [4.78, 5) is 0. The van der Waals surface area contributed by atoms with Crippen LogP contribution in [0.25, 0.3) is 5.69 Å². The normalized spacial score (nSPS) is 11.2. The highest BCUT2D eigenvalue weighted by molar-refractivity contribution is 9.10. The molecule has 2 rings (SSSR count). The zero-order valence-corrected chi connectivity index (χ0v) is 13.0. The number of hydrogen-bond donors (Lipinski definition) is 1. The van der Waals surface area contributed by atoms with Crippen LogP contribution in [0, 0.1) is 0 Å². The van der Waals surface area contributed by atoms with E-state index >= 15 is 0 Å². The zero-order chi connectivity index (χ0) is 13.4. The molecule has 0 amide bonds. The second kappa shape index (κ2) is 5.11. The van der Waals surface area contributed by atoms with Crippen molar-refractivity contribution in [1.29, 1.82) is 0 Å². The second-order valence-corrected chi connectivity index (χ2v) is 5.88. The van der Waals surface area contributed by atoms with Gasteiger partial charge in [-0.05, 0) is 40.0 Å². The van der Waals surface area contributed by atoms with Gasteiger partial charge in [-0.1, -0.05) is 37.0 Å². The van der Waals surface area contributed by atoms with Crippen molar-refractivity contribution in [2.45, 2.75) is 19.8 Å². The number of nitrogen functional groups attached to an aromatic ring is 1. The van der Waals surface area contributed by atoms with Crippen LogP contribution >= 0.6 is 39.1 Å². The van der Waals surface area contributed by atoms with Crippen molar-refractivity contribution >= 4 is 44.9 Å². The number of nitrogens with two attached hydrogens (primary N) is 1. The number of rotatable bonds is 2. The maximum atomic E-state index is 6.16. The van der Waals surface area contributed by atoms with Gasteiger partial charge in [-0.2, -0.15) is 5.10 Å². The Hall–Kier alpha value is -0.710. The van der Waals surface area contributed by atoms with E-state index in [4.69, 9.17) is 28.9 Å². The summed E-state index contributed by atoms with van der Waals surface area (Å²) in [7, 11) is 0. The van der Waals surface area contributed by atoms with E-state index in [1.54, 1.807) is 22.9 Å². The maximum Gasteiger partial charge on any atom is 0.141 e. The molecule has 18 heavy (non-hydrogen) atoms. The lowest BCUT2D eigenvalue weighted by Gasteiger charge is -2.06. The number of benzene rings is 1. The third-order valence-corrected chi connectivity index (χ3v) is 3.92. The van der Waals surface area contributed by atoms with E-state index in [0.717, 1.165) is 10.2 Å². The van der Waals surface area contributed by atoms with E-state index < -0.39 is 0 Å². The average Bonchev–Trinajstić information content (AvgIpc) is 2.57. The first-order chi connectivity index (χ1) is 8.41. The SMILES string of the molecule is CC(C)c1nn(-c2ccc(Cl)cc2Cl)c(N)c1Br. The van der Waals surface area contributed by atoms with Gasteiger partial charge in [-0.25, -0.2) is 4.68 Å². The predicted molar refractivity (Wildman–Crippen MR) is 79.8 cm³/mol. The van der Waals surface area contributed by atoms with Gasteiger partial charge in [0.25, 0.3) is 0 Å². The number of anilines is 1. The Morgan fingerprint density at radius 3 is 2.50 bits per heavy atom. The topological polar surface area (TPSA) is 43.8 Å². The van der Waals surface area contributed by atoms with E-state index in [1.165, 1.54) is 0 Å². The Morgan fingerprint density at radius 1 is 1.33 bits per heavy atom. The van der Waals surface area contributed by atoms with Crippen molar-refractivity contribution in [2.24, 2.45) is 0 Å². The van der Waals surface area contributed by atoms with Crippen molar-refractivity contribution in [2.75, 3.05) is 5.73 Å². The molecule has 0 spiro atoms. The molecule has 0 bridgehead atoms. The number of nitrogens with zero attached hydrogens (tertiary/aromatic N) is 2. The van der Waals surface area contributed by atoms with Gasteiger partial charge >= 0.3 is 0 Å². The molecular weight excluding hydrogens is 337 g/mol. The van der Waals surface area contributed by atoms with Gasteiger partial charge < -0.3 is 5.73 Å². The van der Waals surface area contributed by atoms with Crippen LogP contribution in [-0.2, 0) is 0 Å². The van der Waals surface area contributed by atoms with E-state index in [-0.39, 0.29) is 5.92 Å². The van der Waals surface area contributed by atoms with Gasteiger partial charge in [-0.3, -0.25) is 0 Å². The zero-order valence-electron chi connectivity index (χ0n) is 9.92. The Labute approximate surface area is 124 Å². The molecule has 0 saturated heterocycles. The molecule has 0 fully saturated rings. The molecule has 1 heterocycles. The number of aromatic nitrogens is 2. The highest BCUT2D eigenvalue weighted by atomic mass is 79.9. The Morgan fingerprint density at radius 2 is 2.00 bits per heavy atom. The molecule has 96 valence electrons. The molecule has 6 heteroatoms. The maximum absolute atomic E-state index is 6.16. The monoisotopic (exact) mass is 347 g/mol. The van der Waals surface area contributed by atoms with Crippen LogP contribution in [0.1, 0.15) is 25.5 Å².